The van der Waals surface area contributed by atoms with Crippen LogP contribution < -0.4 is 5.73 Å². The number of amidine groups is 1. The van der Waals surface area contributed by atoms with Crippen LogP contribution >= 0.6 is 11.6 Å². The molecule has 0 saturated carbocycles. The average molecular weight is 251 g/mol. The molecule has 0 spiro atoms. The van der Waals surface area contributed by atoms with Crippen LogP contribution in [0.3, 0.4) is 0 Å². The fourth-order valence-electron chi connectivity index (χ4n) is 0.401. The summed E-state index contributed by atoms with van der Waals surface area (Å²) < 4.78 is 4.60. The Labute approximate surface area is 98.3 Å². The second kappa shape index (κ2) is 9.91. The molecule has 0 aliphatic carbocycles. The topological polar surface area (TPSA) is 115 Å². The molecule has 0 aliphatic heterocycles. The zero-order valence-electron chi connectivity index (χ0n) is 9.56. The van der Waals surface area contributed by atoms with Crippen molar-refractivity contribution in [3.63, 3.8) is 0 Å². The summed E-state index contributed by atoms with van der Waals surface area (Å²) in [4.78, 5) is 13.0. The Balaban J connectivity index is 0. The third-order valence-corrected chi connectivity index (χ3v) is 0.787. The Hall–Kier alpha value is -1.63. The number of nitrogens with two attached hydrogens (primary N) is 1. The molecule has 3 N–H and O–H groups in total. The van der Waals surface area contributed by atoms with Crippen molar-refractivity contribution < 1.29 is 14.5 Å². The van der Waals surface area contributed by atoms with Crippen LogP contribution in [0.5, 0.6) is 0 Å². The summed E-state index contributed by atoms with van der Waals surface area (Å²) in [5.41, 5.74) is 4.79. The SMILES string of the molecule is C/C(N)=N\O.CC(=O)Cl.Cc1noc(C)n1. The van der Waals surface area contributed by atoms with E-state index < -0.39 is 0 Å². The Kier molecular flexibility index (Phi) is 10.4. The number of carbonyl (C=O) groups is 1. The van der Waals surface area contributed by atoms with Crippen LogP contribution in [-0.4, -0.2) is 26.4 Å². The van der Waals surface area contributed by atoms with E-state index >= 15 is 0 Å². The molecule has 92 valence electrons. The monoisotopic (exact) mass is 250 g/mol. The van der Waals surface area contributed by atoms with Gasteiger partial charge in [0.2, 0.25) is 11.1 Å². The van der Waals surface area contributed by atoms with Crippen LogP contribution in [0.25, 0.3) is 0 Å². The first-order valence-electron chi connectivity index (χ1n) is 4.16. The predicted octanol–water partition coefficient (Wildman–Crippen LogP) is 1.21. The van der Waals surface area contributed by atoms with Gasteiger partial charge < -0.3 is 15.5 Å². The summed E-state index contributed by atoms with van der Waals surface area (Å²) in [6, 6.07) is 0. The summed E-state index contributed by atoms with van der Waals surface area (Å²) in [7, 11) is 0. The smallest absolute Gasteiger partial charge is 0.223 e. The standard InChI is InChI=1S/C4H6N2O.C2H3ClO.C2H6N2O/c1-3-5-4(2)7-6-3;1-2(3)4;1-2(3)4-5/h1-2H3;1H3;5H,1H3,(H2,3,4). The third kappa shape index (κ3) is 18.2. The van der Waals surface area contributed by atoms with Gasteiger partial charge in [-0.25, -0.2) is 0 Å². The van der Waals surface area contributed by atoms with Crippen molar-refractivity contribution >= 4 is 22.7 Å². The summed E-state index contributed by atoms with van der Waals surface area (Å²) in [6.45, 7) is 6.35. The lowest BCUT2D eigenvalue weighted by molar-refractivity contribution is -0.109. The molecule has 0 unspecified atom stereocenters. The number of oxime groups is 1. The maximum Gasteiger partial charge on any atom is 0.223 e. The van der Waals surface area contributed by atoms with Gasteiger partial charge in [0.05, 0.1) is 0 Å². The molecule has 1 rings (SSSR count). The number of hydrogen-bond acceptors (Lipinski definition) is 6. The molecule has 0 radical (unpaired) electrons. The van der Waals surface area contributed by atoms with E-state index in [-0.39, 0.29) is 11.1 Å². The highest BCUT2D eigenvalue weighted by atomic mass is 35.5. The van der Waals surface area contributed by atoms with Crippen molar-refractivity contribution in [2.75, 3.05) is 0 Å². The van der Waals surface area contributed by atoms with Gasteiger partial charge >= 0.3 is 0 Å². The van der Waals surface area contributed by atoms with E-state index in [1.807, 2.05) is 0 Å². The first-order chi connectivity index (χ1) is 7.29. The lowest BCUT2D eigenvalue weighted by atomic mass is 10.7. The number of halogens is 1. The highest BCUT2D eigenvalue weighted by Gasteiger charge is 1.89. The van der Waals surface area contributed by atoms with Gasteiger partial charge in [-0.1, -0.05) is 10.3 Å². The van der Waals surface area contributed by atoms with E-state index in [1.54, 1.807) is 13.8 Å². The van der Waals surface area contributed by atoms with Crippen LogP contribution in [0.2, 0.25) is 0 Å². The molecule has 0 bridgehead atoms. The van der Waals surface area contributed by atoms with Crippen molar-refractivity contribution in [2.24, 2.45) is 10.9 Å². The quantitative estimate of drug-likeness (QED) is 0.235. The zero-order valence-corrected chi connectivity index (χ0v) is 10.3. The van der Waals surface area contributed by atoms with E-state index in [1.165, 1.54) is 13.8 Å². The van der Waals surface area contributed by atoms with Crippen LogP contribution in [0.1, 0.15) is 25.6 Å². The van der Waals surface area contributed by atoms with E-state index in [0.717, 1.165) is 0 Å². The Morgan fingerprint density at radius 3 is 1.94 bits per heavy atom. The fourth-order valence-corrected chi connectivity index (χ4v) is 0.401. The van der Waals surface area contributed by atoms with Crippen molar-refractivity contribution in [1.82, 2.24) is 10.1 Å². The van der Waals surface area contributed by atoms with Gasteiger partial charge in [-0.15, -0.1) is 0 Å². The fraction of sp³-hybridized carbons (Fsp3) is 0.500. The van der Waals surface area contributed by atoms with Gasteiger partial charge in [-0.05, 0) is 25.4 Å². The number of aromatic nitrogens is 2. The number of hydrogen-bond donors (Lipinski definition) is 2. The number of carbonyl (C=O) groups excluding carboxylic acids is 1. The largest absolute Gasteiger partial charge is 0.409 e. The maximum atomic E-state index is 9.21. The first kappa shape index (κ1) is 16.8. The van der Waals surface area contributed by atoms with E-state index in [9.17, 15) is 4.79 Å². The summed E-state index contributed by atoms with van der Waals surface area (Å²) in [5, 5.41) is 13.4. The molecule has 7 nitrogen and oxygen atoms in total. The Morgan fingerprint density at radius 1 is 1.50 bits per heavy atom. The molecular formula is C8H15ClN4O3. The molecule has 1 aromatic rings. The summed E-state index contributed by atoms with van der Waals surface area (Å²) >= 11 is 4.64. The van der Waals surface area contributed by atoms with Gasteiger partial charge in [-0.3, -0.25) is 4.79 Å². The molecule has 0 aromatic carbocycles. The lowest BCUT2D eigenvalue weighted by Gasteiger charge is -1.73. The number of aryl methyl sites for hydroxylation is 2. The van der Waals surface area contributed by atoms with E-state index in [0.29, 0.717) is 11.7 Å². The van der Waals surface area contributed by atoms with Crippen LogP contribution in [0.4, 0.5) is 0 Å². The summed E-state index contributed by atoms with van der Waals surface area (Å²) in [5.74, 6) is 1.50. The molecule has 8 heteroatoms. The highest BCUT2D eigenvalue weighted by molar-refractivity contribution is 6.62. The Bertz CT molecular complexity index is 313. The molecule has 0 amide bonds. The molecule has 0 saturated heterocycles. The molecule has 0 aliphatic rings. The zero-order chi connectivity index (χ0) is 13.1. The molecular weight excluding hydrogens is 236 g/mol. The van der Waals surface area contributed by atoms with Crippen molar-refractivity contribution in [2.45, 2.75) is 27.7 Å². The molecule has 0 atom stereocenters. The second-order valence-corrected chi connectivity index (χ2v) is 3.10. The maximum absolute atomic E-state index is 9.21. The average Bonchev–Trinajstić information content (AvgIpc) is 2.50. The second-order valence-electron chi connectivity index (χ2n) is 2.57. The van der Waals surface area contributed by atoms with Gasteiger partial charge in [0.25, 0.3) is 0 Å². The molecule has 0 fully saturated rings. The Morgan fingerprint density at radius 2 is 1.88 bits per heavy atom. The van der Waals surface area contributed by atoms with E-state index in [4.69, 9.17) is 10.9 Å². The minimum Gasteiger partial charge on any atom is -0.409 e. The van der Waals surface area contributed by atoms with Crippen LogP contribution in [-0.2, 0) is 4.79 Å². The van der Waals surface area contributed by atoms with Crippen molar-refractivity contribution in [1.29, 1.82) is 0 Å². The normalized spacial score (nSPS) is 9.44. The van der Waals surface area contributed by atoms with Crippen LogP contribution in [0, 0.1) is 13.8 Å². The minimum absolute atomic E-state index is 0.185. The number of nitrogens with zero attached hydrogens (tertiary/aromatic N) is 3. The predicted molar refractivity (Wildman–Crippen MR) is 59.4 cm³/mol. The van der Waals surface area contributed by atoms with Gasteiger partial charge in [0, 0.05) is 13.8 Å². The van der Waals surface area contributed by atoms with Gasteiger partial charge in [0.1, 0.15) is 5.84 Å². The van der Waals surface area contributed by atoms with E-state index in [2.05, 4.69) is 31.4 Å². The van der Waals surface area contributed by atoms with Crippen LogP contribution in [0.15, 0.2) is 9.68 Å². The highest BCUT2D eigenvalue weighted by Crippen LogP contribution is 1.89. The third-order valence-electron chi connectivity index (χ3n) is 0.787. The molecule has 1 heterocycles. The van der Waals surface area contributed by atoms with Gasteiger partial charge in [-0.2, -0.15) is 4.98 Å². The summed E-state index contributed by atoms with van der Waals surface area (Å²) in [6.07, 6.45) is 0. The molecule has 1 aromatic heterocycles. The van der Waals surface area contributed by atoms with Crippen molar-refractivity contribution in [3.8, 4) is 0 Å². The van der Waals surface area contributed by atoms with Gasteiger partial charge in [0.15, 0.2) is 5.82 Å². The van der Waals surface area contributed by atoms with Crippen molar-refractivity contribution in [3.05, 3.63) is 11.7 Å². The first-order valence-corrected chi connectivity index (χ1v) is 4.54. The minimum atomic E-state index is -0.361. The number of rotatable bonds is 0. The lowest BCUT2D eigenvalue weighted by Crippen LogP contribution is -2.03. The molecule has 16 heavy (non-hydrogen) atoms.